The molecular weight excluding hydrogens is 226 g/mol. The van der Waals surface area contributed by atoms with E-state index < -0.39 is 5.97 Å². The number of carbonyl (C=O) groups excluding carboxylic acids is 1. The van der Waals surface area contributed by atoms with E-state index >= 15 is 0 Å². The number of carboxylic acid groups (broad SMARTS) is 1. The van der Waals surface area contributed by atoms with E-state index in [9.17, 15) is 0 Å². The molecule has 1 N–H and O–H groups in total. The highest BCUT2D eigenvalue weighted by Crippen LogP contribution is 2.03. The lowest BCUT2D eigenvalue weighted by molar-refractivity contribution is -0.788. The van der Waals surface area contributed by atoms with Crippen LogP contribution in [0, 0.1) is 0 Å². The Morgan fingerprint density at radius 3 is 2.33 bits per heavy atom. The van der Waals surface area contributed by atoms with Gasteiger partial charge in [-0.2, -0.15) is 0 Å². The molecule has 1 atom stereocenters. The molecule has 0 spiro atoms. The summed E-state index contributed by atoms with van der Waals surface area (Å²) in [5.74, 6) is -1.08. The number of unbranched alkanes of at least 4 members (excludes halogenated alkanes) is 4. The summed E-state index contributed by atoms with van der Waals surface area (Å²) in [7, 11) is 0. The Kier molecular flexibility index (Phi) is 10.4. The maximum atomic E-state index is 8.89. The Balaban J connectivity index is 0.000000631. The molecule has 0 saturated carbocycles. The first-order valence-corrected chi connectivity index (χ1v) is 7.02. The molecule has 1 unspecified atom stereocenters. The third-order valence-electron chi connectivity index (χ3n) is 2.86. The molecule has 1 aliphatic rings. The largest absolute Gasteiger partial charge is 0.550 e. The number of allylic oxidation sites excluding steroid dienone is 2. The van der Waals surface area contributed by atoms with Gasteiger partial charge in [-0.05, 0) is 26.2 Å². The van der Waals surface area contributed by atoms with Crippen LogP contribution in [-0.2, 0) is 4.79 Å². The van der Waals surface area contributed by atoms with Crippen molar-refractivity contribution in [2.75, 3.05) is 6.54 Å². The molecule has 18 heavy (non-hydrogen) atoms. The Labute approximate surface area is 111 Å². The van der Waals surface area contributed by atoms with Gasteiger partial charge in [-0.3, -0.25) is 4.90 Å². The van der Waals surface area contributed by atoms with Crippen molar-refractivity contribution >= 4 is 5.97 Å². The Hall–Kier alpha value is -1.09. The monoisotopic (exact) mass is 253 g/mol. The first-order valence-electron chi connectivity index (χ1n) is 7.02. The molecule has 1 rings (SSSR count). The lowest BCUT2D eigenvalue weighted by Gasteiger charge is -2.06. The predicted octanol–water partition coefficient (Wildman–Crippen LogP) is 1.42. The highest BCUT2D eigenvalue weighted by atomic mass is 16.4. The minimum atomic E-state index is -1.08. The van der Waals surface area contributed by atoms with Gasteiger partial charge in [-0.1, -0.05) is 33.1 Å². The van der Waals surface area contributed by atoms with Crippen LogP contribution in [0.1, 0.15) is 59.3 Å². The summed E-state index contributed by atoms with van der Waals surface area (Å²) in [6.45, 7) is 6.74. The zero-order valence-corrected chi connectivity index (χ0v) is 12.0. The summed E-state index contributed by atoms with van der Waals surface area (Å²) >= 11 is 0. The standard InChI is InChI=1S/C13H23N.C2H4O2/c1-3-5-6-7-8-10-14-11-9-13(4-2)12-14;1-2(3)4/h9,11-12H,3-8,10H2,1-2H3;1H3,(H,3,4). The van der Waals surface area contributed by atoms with Crippen molar-refractivity contribution in [1.82, 2.24) is 0 Å². The van der Waals surface area contributed by atoms with Gasteiger partial charge in [0.2, 0.25) is 0 Å². The van der Waals surface area contributed by atoms with Crippen LogP contribution in [0.5, 0.6) is 0 Å². The van der Waals surface area contributed by atoms with Crippen LogP contribution in [0.2, 0.25) is 0 Å². The summed E-state index contributed by atoms with van der Waals surface area (Å²) in [5.41, 5.74) is 1.49. The molecule has 1 aliphatic heterocycles. The topological polar surface area (TPSA) is 44.6 Å². The van der Waals surface area contributed by atoms with Crippen molar-refractivity contribution in [3.8, 4) is 0 Å². The number of hydrogen-bond donors (Lipinski definition) is 1. The molecule has 0 amide bonds. The molecule has 0 radical (unpaired) electrons. The summed E-state index contributed by atoms with van der Waals surface area (Å²) in [5, 5.41) is 8.89. The molecular formula is C15H27NO2. The highest BCUT2D eigenvalue weighted by Gasteiger charge is 2.08. The van der Waals surface area contributed by atoms with Gasteiger partial charge in [0.05, 0.1) is 12.7 Å². The molecule has 0 fully saturated rings. The first kappa shape index (κ1) is 16.9. The lowest BCUT2D eigenvalue weighted by atomic mass is 10.1. The molecule has 0 aromatic carbocycles. The van der Waals surface area contributed by atoms with Gasteiger partial charge in [-0.25, -0.2) is 0 Å². The molecule has 1 heterocycles. The van der Waals surface area contributed by atoms with E-state index in [1.165, 1.54) is 50.6 Å². The number of nitrogens with one attached hydrogen (secondary N) is 1. The summed E-state index contributed by atoms with van der Waals surface area (Å²) < 4.78 is 0. The first-order chi connectivity index (χ1) is 8.60. The number of carboxylic acids is 1. The van der Waals surface area contributed by atoms with Gasteiger partial charge in [0.1, 0.15) is 6.20 Å². The van der Waals surface area contributed by atoms with Crippen LogP contribution in [0.4, 0.5) is 0 Å². The van der Waals surface area contributed by atoms with E-state index in [1.54, 1.807) is 4.90 Å². The molecule has 0 aromatic heterocycles. The minimum absolute atomic E-state index is 0.972. The second-order valence-electron chi connectivity index (χ2n) is 4.64. The third-order valence-corrected chi connectivity index (χ3v) is 2.86. The maximum absolute atomic E-state index is 8.89. The number of aliphatic carboxylic acids is 1. The fourth-order valence-electron chi connectivity index (χ4n) is 1.86. The number of rotatable bonds is 7. The second kappa shape index (κ2) is 11.0. The zero-order chi connectivity index (χ0) is 13.8. The van der Waals surface area contributed by atoms with Gasteiger partial charge in [-0.15, -0.1) is 0 Å². The highest BCUT2D eigenvalue weighted by molar-refractivity contribution is 5.60. The van der Waals surface area contributed by atoms with E-state index in [0.29, 0.717) is 0 Å². The average molecular weight is 253 g/mol. The molecule has 0 saturated heterocycles. The third kappa shape index (κ3) is 10.1. The molecule has 0 aromatic rings. The number of hydrogen-bond acceptors (Lipinski definition) is 2. The Morgan fingerprint density at radius 2 is 1.83 bits per heavy atom. The van der Waals surface area contributed by atoms with Gasteiger partial charge in [0, 0.05) is 17.6 Å². The molecule has 3 heteroatoms. The number of carbonyl (C=O) groups is 1. The average Bonchev–Trinajstić information content (AvgIpc) is 2.76. The SMILES string of the molecule is CC(=O)[O-].CCCCCCC[NH+]1C=CC(CC)=C1. The summed E-state index contributed by atoms with van der Waals surface area (Å²) in [6.07, 6.45) is 15.0. The fraction of sp³-hybridized carbons (Fsp3) is 0.667. The van der Waals surface area contributed by atoms with E-state index in [-0.39, 0.29) is 0 Å². The van der Waals surface area contributed by atoms with Crippen LogP contribution in [0.3, 0.4) is 0 Å². The summed E-state index contributed by atoms with van der Waals surface area (Å²) in [4.78, 5) is 10.4. The lowest BCUT2D eigenvalue weighted by Crippen LogP contribution is -3.01. The molecule has 0 aliphatic carbocycles. The van der Waals surface area contributed by atoms with E-state index in [0.717, 1.165) is 6.92 Å². The van der Waals surface area contributed by atoms with Crippen molar-refractivity contribution in [3.05, 3.63) is 24.0 Å². The van der Waals surface area contributed by atoms with Crippen molar-refractivity contribution in [3.63, 3.8) is 0 Å². The van der Waals surface area contributed by atoms with Crippen molar-refractivity contribution in [1.29, 1.82) is 0 Å². The van der Waals surface area contributed by atoms with Gasteiger partial charge in [0.15, 0.2) is 0 Å². The normalized spacial score (nSPS) is 17.1. The quantitative estimate of drug-likeness (QED) is 0.697. The summed E-state index contributed by atoms with van der Waals surface area (Å²) in [6, 6.07) is 0. The van der Waals surface area contributed by atoms with Crippen molar-refractivity contribution in [2.24, 2.45) is 0 Å². The molecule has 3 nitrogen and oxygen atoms in total. The van der Waals surface area contributed by atoms with Crippen LogP contribution in [0.15, 0.2) is 24.0 Å². The fourth-order valence-corrected chi connectivity index (χ4v) is 1.86. The smallest absolute Gasteiger partial charge is 0.102 e. The van der Waals surface area contributed by atoms with Crippen molar-refractivity contribution < 1.29 is 14.8 Å². The molecule has 104 valence electrons. The second-order valence-corrected chi connectivity index (χ2v) is 4.64. The maximum Gasteiger partial charge on any atom is 0.102 e. The Bertz CT molecular complexity index is 278. The van der Waals surface area contributed by atoms with E-state index in [2.05, 4.69) is 32.3 Å². The van der Waals surface area contributed by atoms with Crippen LogP contribution in [0.25, 0.3) is 0 Å². The van der Waals surface area contributed by atoms with Gasteiger partial charge in [0.25, 0.3) is 0 Å². The van der Waals surface area contributed by atoms with E-state index in [4.69, 9.17) is 9.90 Å². The van der Waals surface area contributed by atoms with Crippen LogP contribution in [-0.4, -0.2) is 12.5 Å². The van der Waals surface area contributed by atoms with Crippen LogP contribution < -0.4 is 10.0 Å². The van der Waals surface area contributed by atoms with Crippen LogP contribution >= 0.6 is 0 Å². The molecule has 0 bridgehead atoms. The predicted molar refractivity (Wildman–Crippen MR) is 72.8 cm³/mol. The zero-order valence-electron chi connectivity index (χ0n) is 12.0. The van der Waals surface area contributed by atoms with Crippen molar-refractivity contribution in [2.45, 2.75) is 59.3 Å². The van der Waals surface area contributed by atoms with Gasteiger partial charge >= 0.3 is 0 Å². The Morgan fingerprint density at radius 1 is 1.22 bits per heavy atom. The minimum Gasteiger partial charge on any atom is -0.550 e. The number of quaternary nitrogens is 1. The van der Waals surface area contributed by atoms with E-state index in [1.807, 2.05) is 0 Å². The van der Waals surface area contributed by atoms with Gasteiger partial charge < -0.3 is 9.90 Å².